The van der Waals surface area contributed by atoms with E-state index < -0.39 is 8.32 Å². The minimum Gasteiger partial charge on any atom is -0.418 e. The van der Waals surface area contributed by atoms with Gasteiger partial charge in [0, 0.05) is 6.61 Å². The molecule has 0 bridgehead atoms. The van der Waals surface area contributed by atoms with Crippen molar-refractivity contribution in [1.29, 1.82) is 0 Å². The molecule has 0 fully saturated rings. The Labute approximate surface area is 85.0 Å². The summed E-state index contributed by atoms with van der Waals surface area (Å²) >= 11 is 0. The molecule has 0 aliphatic heterocycles. The highest BCUT2D eigenvalue weighted by molar-refractivity contribution is 6.69. The fourth-order valence-electron chi connectivity index (χ4n) is 1.49. The van der Waals surface area contributed by atoms with Crippen molar-refractivity contribution in [2.24, 2.45) is 5.92 Å². The summed E-state index contributed by atoms with van der Waals surface area (Å²) in [5, 5.41) is 0. The van der Waals surface area contributed by atoms with Crippen molar-refractivity contribution in [3.8, 4) is 0 Å². The lowest BCUT2D eigenvalue weighted by molar-refractivity contribution is 0.263. The molecule has 0 aliphatic carbocycles. The van der Waals surface area contributed by atoms with Crippen LogP contribution in [0.15, 0.2) is 0 Å². The molecule has 0 aromatic rings. The maximum Gasteiger partial charge on any atom is 0.183 e. The van der Waals surface area contributed by atoms with Gasteiger partial charge in [0.05, 0.1) is 0 Å². The van der Waals surface area contributed by atoms with Crippen LogP contribution in [0.4, 0.5) is 0 Å². The molecule has 1 atom stereocenters. The normalized spacial score (nSPS) is 14.5. The predicted molar refractivity (Wildman–Crippen MR) is 62.6 cm³/mol. The first-order valence-corrected chi connectivity index (χ1v) is 9.04. The Hall–Kier alpha value is 0.177. The molecule has 80 valence electrons. The third kappa shape index (κ3) is 8.51. The second kappa shape index (κ2) is 6.60. The molecule has 0 saturated carbocycles. The van der Waals surface area contributed by atoms with Crippen LogP contribution in [-0.2, 0) is 4.43 Å². The van der Waals surface area contributed by atoms with E-state index in [1.54, 1.807) is 0 Å². The highest BCUT2D eigenvalue weighted by Gasteiger charge is 2.14. The van der Waals surface area contributed by atoms with Crippen LogP contribution in [0.3, 0.4) is 0 Å². The molecule has 13 heavy (non-hydrogen) atoms. The highest BCUT2D eigenvalue weighted by atomic mass is 28.4. The second-order valence-corrected chi connectivity index (χ2v) is 9.33. The molecule has 1 nitrogen and oxygen atoms in total. The fourth-order valence-corrected chi connectivity index (χ4v) is 2.22. The van der Waals surface area contributed by atoms with Crippen LogP contribution in [0.2, 0.25) is 19.6 Å². The first-order valence-electron chi connectivity index (χ1n) is 5.63. The van der Waals surface area contributed by atoms with E-state index in [-0.39, 0.29) is 0 Å². The van der Waals surface area contributed by atoms with Gasteiger partial charge in [-0.05, 0) is 32.0 Å². The van der Waals surface area contributed by atoms with Gasteiger partial charge >= 0.3 is 0 Å². The Morgan fingerprint density at radius 1 is 1.08 bits per heavy atom. The van der Waals surface area contributed by atoms with Gasteiger partial charge in [0.15, 0.2) is 8.32 Å². The summed E-state index contributed by atoms with van der Waals surface area (Å²) in [5.74, 6) is 0.890. The molecular formula is C11H26OSi. The molecule has 0 aromatic heterocycles. The van der Waals surface area contributed by atoms with Gasteiger partial charge in [-0.3, -0.25) is 0 Å². The van der Waals surface area contributed by atoms with Gasteiger partial charge in [-0.1, -0.05) is 33.1 Å². The smallest absolute Gasteiger partial charge is 0.183 e. The Morgan fingerprint density at radius 2 is 1.69 bits per heavy atom. The molecule has 0 aromatic carbocycles. The van der Waals surface area contributed by atoms with Gasteiger partial charge in [-0.2, -0.15) is 0 Å². The van der Waals surface area contributed by atoms with Gasteiger partial charge < -0.3 is 4.43 Å². The van der Waals surface area contributed by atoms with Crippen molar-refractivity contribution in [3.63, 3.8) is 0 Å². The van der Waals surface area contributed by atoms with Gasteiger partial charge in [0.2, 0.25) is 0 Å². The maximum absolute atomic E-state index is 5.85. The monoisotopic (exact) mass is 202 g/mol. The zero-order chi connectivity index (χ0) is 10.3. The van der Waals surface area contributed by atoms with E-state index in [1.165, 1.54) is 25.7 Å². The van der Waals surface area contributed by atoms with E-state index >= 15 is 0 Å². The van der Waals surface area contributed by atoms with Crippen molar-refractivity contribution in [2.45, 2.75) is 59.2 Å². The molecule has 1 unspecified atom stereocenters. The summed E-state index contributed by atoms with van der Waals surface area (Å²) in [7, 11) is -1.26. The Kier molecular flexibility index (Phi) is 6.69. The summed E-state index contributed by atoms with van der Waals surface area (Å²) in [5.41, 5.74) is 0. The topological polar surface area (TPSA) is 9.23 Å². The molecule has 0 heterocycles. The molecular weight excluding hydrogens is 176 g/mol. The van der Waals surface area contributed by atoms with E-state index in [2.05, 4.69) is 33.5 Å². The minimum atomic E-state index is -1.26. The first kappa shape index (κ1) is 13.2. The largest absolute Gasteiger partial charge is 0.418 e. The zero-order valence-electron chi connectivity index (χ0n) is 10.0. The van der Waals surface area contributed by atoms with E-state index in [4.69, 9.17) is 4.43 Å². The molecule has 0 radical (unpaired) electrons. The van der Waals surface area contributed by atoms with Gasteiger partial charge in [0.1, 0.15) is 0 Å². The summed E-state index contributed by atoms with van der Waals surface area (Å²) in [6.07, 6.45) is 5.24. The second-order valence-electron chi connectivity index (χ2n) is 4.81. The third-order valence-corrected chi connectivity index (χ3v) is 3.41. The highest BCUT2D eigenvalue weighted by Crippen LogP contribution is 2.16. The van der Waals surface area contributed by atoms with Crippen molar-refractivity contribution in [3.05, 3.63) is 0 Å². The van der Waals surface area contributed by atoms with Crippen molar-refractivity contribution < 1.29 is 4.43 Å². The van der Waals surface area contributed by atoms with Crippen molar-refractivity contribution >= 4 is 8.32 Å². The molecule has 0 rings (SSSR count). The average molecular weight is 202 g/mol. The molecule has 0 N–H and O–H groups in total. The number of hydrogen-bond acceptors (Lipinski definition) is 1. The number of hydrogen-bond donors (Lipinski definition) is 0. The van der Waals surface area contributed by atoms with Crippen LogP contribution < -0.4 is 0 Å². The van der Waals surface area contributed by atoms with Gasteiger partial charge in [0.25, 0.3) is 0 Å². The SMILES string of the molecule is CCCC(CC)CCO[Si](C)(C)C. The maximum atomic E-state index is 5.85. The van der Waals surface area contributed by atoms with E-state index in [1.807, 2.05) is 0 Å². The summed E-state index contributed by atoms with van der Waals surface area (Å²) in [6.45, 7) is 12.3. The average Bonchev–Trinajstić information content (AvgIpc) is 2.01. The number of rotatable bonds is 7. The Balaban J connectivity index is 3.49. The van der Waals surface area contributed by atoms with Gasteiger partial charge in [-0.15, -0.1) is 0 Å². The fraction of sp³-hybridized carbons (Fsp3) is 1.00. The van der Waals surface area contributed by atoms with Crippen LogP contribution in [0.1, 0.15) is 39.5 Å². The van der Waals surface area contributed by atoms with E-state index in [0.29, 0.717) is 0 Å². The lowest BCUT2D eigenvalue weighted by Crippen LogP contribution is -2.26. The summed E-state index contributed by atoms with van der Waals surface area (Å²) in [6, 6.07) is 0. The van der Waals surface area contributed by atoms with Crippen LogP contribution in [0.5, 0.6) is 0 Å². The standard InChI is InChI=1S/C11H26OSi/c1-6-8-11(7-2)9-10-12-13(3,4)5/h11H,6-10H2,1-5H3. The predicted octanol–water partition coefficient (Wildman–Crippen LogP) is 4.05. The third-order valence-electron chi connectivity index (χ3n) is 2.34. The van der Waals surface area contributed by atoms with Crippen molar-refractivity contribution in [2.75, 3.05) is 6.61 Å². The quantitative estimate of drug-likeness (QED) is 0.566. The first-order chi connectivity index (χ1) is 5.99. The van der Waals surface area contributed by atoms with Crippen molar-refractivity contribution in [1.82, 2.24) is 0 Å². The lowest BCUT2D eigenvalue weighted by atomic mass is 9.98. The Morgan fingerprint density at radius 3 is 2.08 bits per heavy atom. The molecule has 0 spiro atoms. The lowest BCUT2D eigenvalue weighted by Gasteiger charge is -2.20. The van der Waals surface area contributed by atoms with Crippen LogP contribution in [0.25, 0.3) is 0 Å². The van der Waals surface area contributed by atoms with Gasteiger partial charge in [-0.25, -0.2) is 0 Å². The minimum absolute atomic E-state index is 0.890. The zero-order valence-corrected chi connectivity index (χ0v) is 11.0. The van der Waals surface area contributed by atoms with Crippen LogP contribution in [-0.4, -0.2) is 14.9 Å². The van der Waals surface area contributed by atoms with E-state index in [0.717, 1.165) is 12.5 Å². The molecule has 0 saturated heterocycles. The summed E-state index contributed by atoms with van der Waals surface area (Å²) in [4.78, 5) is 0. The van der Waals surface area contributed by atoms with Crippen LogP contribution >= 0.6 is 0 Å². The molecule has 0 amide bonds. The van der Waals surface area contributed by atoms with Crippen LogP contribution in [0, 0.1) is 5.92 Å². The molecule has 2 heteroatoms. The van der Waals surface area contributed by atoms with E-state index in [9.17, 15) is 0 Å². The molecule has 0 aliphatic rings. The summed E-state index contributed by atoms with van der Waals surface area (Å²) < 4.78 is 5.85. The Bertz CT molecular complexity index is 118.